The van der Waals surface area contributed by atoms with Crippen molar-refractivity contribution in [3.05, 3.63) is 54.1 Å². The van der Waals surface area contributed by atoms with E-state index in [1.165, 1.54) is 5.56 Å². The van der Waals surface area contributed by atoms with Gasteiger partial charge < -0.3 is 9.84 Å². The van der Waals surface area contributed by atoms with Crippen LogP contribution in [-0.4, -0.2) is 46.3 Å². The number of ether oxygens (including phenoxy) is 1. The van der Waals surface area contributed by atoms with Gasteiger partial charge in [-0.2, -0.15) is 0 Å². The van der Waals surface area contributed by atoms with Crippen LogP contribution in [0.15, 0.2) is 42.7 Å². The topological polar surface area (TPSA) is 58.5 Å². The maximum absolute atomic E-state index is 10.0. The highest BCUT2D eigenvalue weighted by atomic mass is 16.5. The third-order valence-electron chi connectivity index (χ3n) is 4.83. The van der Waals surface area contributed by atoms with E-state index in [-0.39, 0.29) is 12.0 Å². The second-order valence-electron chi connectivity index (χ2n) is 6.23. The van der Waals surface area contributed by atoms with Crippen LogP contribution >= 0.6 is 0 Å². The van der Waals surface area contributed by atoms with E-state index >= 15 is 0 Å². The Labute approximate surface area is 129 Å². The summed E-state index contributed by atoms with van der Waals surface area (Å²) < 4.78 is 5.91. The molecule has 5 heteroatoms. The van der Waals surface area contributed by atoms with Gasteiger partial charge in [0.1, 0.15) is 11.6 Å². The van der Waals surface area contributed by atoms with E-state index in [4.69, 9.17) is 4.74 Å². The Bertz CT molecular complexity index is 664. The molecule has 4 rings (SSSR count). The molecule has 0 spiro atoms. The molecular weight excluding hydrogens is 278 g/mol. The van der Waals surface area contributed by atoms with Gasteiger partial charge in [0.05, 0.1) is 19.8 Å². The standard InChI is InChI=1S/C17H19N3O2/c21-11-17-10-20(9-16-18-6-3-7-19-16)8-14(17)13-4-1-2-5-15(13)22-12-17/h1-7,14,21H,8-12H2/t14-,17-/m1/s1. The molecule has 0 amide bonds. The molecule has 0 saturated carbocycles. The third-order valence-corrected chi connectivity index (χ3v) is 4.83. The van der Waals surface area contributed by atoms with Crippen molar-refractivity contribution in [2.75, 3.05) is 26.3 Å². The van der Waals surface area contributed by atoms with E-state index in [1.54, 1.807) is 12.4 Å². The van der Waals surface area contributed by atoms with Crippen LogP contribution in [0.5, 0.6) is 5.75 Å². The maximum atomic E-state index is 10.0. The van der Waals surface area contributed by atoms with Crippen LogP contribution in [0.25, 0.3) is 0 Å². The van der Waals surface area contributed by atoms with Crippen LogP contribution in [0.1, 0.15) is 17.3 Å². The fourth-order valence-corrected chi connectivity index (χ4v) is 3.71. The molecule has 1 fully saturated rings. The second kappa shape index (κ2) is 5.34. The predicted octanol–water partition coefficient (Wildman–Crippen LogP) is 1.45. The van der Waals surface area contributed by atoms with Crippen LogP contribution < -0.4 is 4.74 Å². The summed E-state index contributed by atoms with van der Waals surface area (Å²) >= 11 is 0. The highest BCUT2D eigenvalue weighted by Crippen LogP contribution is 2.49. The van der Waals surface area contributed by atoms with Crippen LogP contribution in [0.3, 0.4) is 0 Å². The van der Waals surface area contributed by atoms with Gasteiger partial charge in [-0.15, -0.1) is 0 Å². The molecule has 5 nitrogen and oxygen atoms in total. The van der Waals surface area contributed by atoms with Gasteiger partial charge in [0.25, 0.3) is 0 Å². The minimum absolute atomic E-state index is 0.137. The van der Waals surface area contributed by atoms with Crippen LogP contribution in [0, 0.1) is 5.41 Å². The Morgan fingerprint density at radius 2 is 2.05 bits per heavy atom. The molecule has 1 N–H and O–H groups in total. The molecule has 2 atom stereocenters. The van der Waals surface area contributed by atoms with E-state index < -0.39 is 0 Å². The summed E-state index contributed by atoms with van der Waals surface area (Å²) in [4.78, 5) is 10.9. The first kappa shape index (κ1) is 13.7. The van der Waals surface area contributed by atoms with E-state index in [1.807, 2.05) is 24.3 Å². The number of likely N-dealkylation sites (tertiary alicyclic amines) is 1. The van der Waals surface area contributed by atoms with Crippen LogP contribution in [-0.2, 0) is 6.54 Å². The van der Waals surface area contributed by atoms with Gasteiger partial charge in [-0.3, -0.25) is 4.90 Å². The first-order chi connectivity index (χ1) is 10.8. The smallest absolute Gasteiger partial charge is 0.142 e. The Balaban J connectivity index is 1.62. The minimum atomic E-state index is -0.219. The number of fused-ring (bicyclic) bond motifs is 3. The SMILES string of the molecule is OC[C@]12COc3ccccc3[C@H]1CN(Cc1ncccn1)C2. The number of aliphatic hydroxyl groups excluding tert-OH is 1. The van der Waals surface area contributed by atoms with Gasteiger partial charge in [0.2, 0.25) is 0 Å². The molecule has 1 aromatic heterocycles. The predicted molar refractivity (Wildman–Crippen MR) is 81.5 cm³/mol. The zero-order valence-corrected chi connectivity index (χ0v) is 12.4. The lowest BCUT2D eigenvalue weighted by Gasteiger charge is -2.38. The fraction of sp³-hybridized carbons (Fsp3) is 0.412. The third kappa shape index (κ3) is 2.17. The molecule has 1 saturated heterocycles. The summed E-state index contributed by atoms with van der Waals surface area (Å²) in [7, 11) is 0. The van der Waals surface area contributed by atoms with E-state index in [9.17, 15) is 5.11 Å². The maximum Gasteiger partial charge on any atom is 0.142 e. The van der Waals surface area contributed by atoms with Gasteiger partial charge in [-0.05, 0) is 17.7 Å². The van der Waals surface area contributed by atoms with Crippen LogP contribution in [0.2, 0.25) is 0 Å². The lowest BCUT2D eigenvalue weighted by molar-refractivity contribution is 0.0456. The Kier molecular flexibility index (Phi) is 3.32. The summed E-state index contributed by atoms with van der Waals surface area (Å²) in [5.41, 5.74) is 0.989. The molecule has 0 unspecified atom stereocenters. The molecule has 0 bridgehead atoms. The van der Waals surface area contributed by atoms with Crippen molar-refractivity contribution in [2.24, 2.45) is 5.41 Å². The molecule has 2 aliphatic rings. The van der Waals surface area contributed by atoms with Gasteiger partial charge in [-0.25, -0.2) is 9.97 Å². The zero-order chi connectivity index (χ0) is 15.0. The van der Waals surface area contributed by atoms with Crippen molar-refractivity contribution in [2.45, 2.75) is 12.5 Å². The highest BCUT2D eigenvalue weighted by molar-refractivity contribution is 5.41. The summed E-state index contributed by atoms with van der Waals surface area (Å²) in [6, 6.07) is 9.99. The minimum Gasteiger partial charge on any atom is -0.493 e. The second-order valence-corrected chi connectivity index (χ2v) is 6.23. The van der Waals surface area contributed by atoms with Crippen molar-refractivity contribution in [3.8, 4) is 5.75 Å². The van der Waals surface area contributed by atoms with Gasteiger partial charge >= 0.3 is 0 Å². The van der Waals surface area contributed by atoms with E-state index in [2.05, 4.69) is 20.9 Å². The Hall–Kier alpha value is -1.98. The molecule has 2 aromatic rings. The molecule has 3 heterocycles. The average molecular weight is 297 g/mol. The number of aliphatic hydroxyl groups is 1. The summed E-state index contributed by atoms with van der Waals surface area (Å²) in [6.07, 6.45) is 3.54. The molecule has 0 radical (unpaired) electrons. The van der Waals surface area contributed by atoms with E-state index in [0.717, 1.165) is 24.7 Å². The van der Waals surface area contributed by atoms with Crippen molar-refractivity contribution in [3.63, 3.8) is 0 Å². The summed E-state index contributed by atoms with van der Waals surface area (Å²) in [5.74, 6) is 2.07. The van der Waals surface area contributed by atoms with E-state index in [0.29, 0.717) is 19.1 Å². The molecule has 22 heavy (non-hydrogen) atoms. The molecule has 0 aliphatic carbocycles. The van der Waals surface area contributed by atoms with Crippen molar-refractivity contribution in [1.82, 2.24) is 14.9 Å². The normalized spacial score (nSPS) is 27.0. The molecule has 114 valence electrons. The first-order valence-corrected chi connectivity index (χ1v) is 7.62. The number of rotatable bonds is 3. The molecule has 2 aliphatic heterocycles. The molecular formula is C17H19N3O2. The van der Waals surface area contributed by atoms with Crippen molar-refractivity contribution < 1.29 is 9.84 Å². The Morgan fingerprint density at radius 1 is 1.23 bits per heavy atom. The first-order valence-electron chi connectivity index (χ1n) is 7.62. The number of hydrogen-bond donors (Lipinski definition) is 1. The lowest BCUT2D eigenvalue weighted by Crippen LogP contribution is -2.42. The summed E-state index contributed by atoms with van der Waals surface area (Å²) in [6.45, 7) is 3.12. The lowest BCUT2D eigenvalue weighted by atomic mass is 9.74. The average Bonchev–Trinajstić information content (AvgIpc) is 2.95. The Morgan fingerprint density at radius 3 is 2.86 bits per heavy atom. The monoisotopic (exact) mass is 297 g/mol. The van der Waals surface area contributed by atoms with Crippen LogP contribution in [0.4, 0.5) is 0 Å². The number of hydrogen-bond acceptors (Lipinski definition) is 5. The largest absolute Gasteiger partial charge is 0.493 e. The fourth-order valence-electron chi connectivity index (χ4n) is 3.71. The number of para-hydroxylation sites is 1. The van der Waals surface area contributed by atoms with Gasteiger partial charge in [0, 0.05) is 36.8 Å². The number of benzene rings is 1. The molecule has 1 aromatic carbocycles. The quantitative estimate of drug-likeness (QED) is 0.929. The number of aromatic nitrogens is 2. The summed E-state index contributed by atoms with van der Waals surface area (Å²) in [5, 5.41) is 10.0. The van der Waals surface area contributed by atoms with Crippen molar-refractivity contribution in [1.29, 1.82) is 0 Å². The zero-order valence-electron chi connectivity index (χ0n) is 12.4. The highest BCUT2D eigenvalue weighted by Gasteiger charge is 2.50. The van der Waals surface area contributed by atoms with Gasteiger partial charge in [0.15, 0.2) is 0 Å². The van der Waals surface area contributed by atoms with Crippen molar-refractivity contribution >= 4 is 0 Å². The van der Waals surface area contributed by atoms with Gasteiger partial charge in [-0.1, -0.05) is 18.2 Å². The number of nitrogens with zero attached hydrogens (tertiary/aromatic N) is 3.